The first kappa shape index (κ1) is 27.2. The summed E-state index contributed by atoms with van der Waals surface area (Å²) in [6.45, 7) is 4.63. The van der Waals surface area contributed by atoms with Crippen LogP contribution in [0.2, 0.25) is 0 Å². The molecule has 0 aromatic carbocycles. The molecule has 5 saturated carbocycles. The summed E-state index contributed by atoms with van der Waals surface area (Å²) < 4.78 is 16.1. The number of ketones is 1. The van der Waals surface area contributed by atoms with E-state index in [0.29, 0.717) is 5.78 Å². The van der Waals surface area contributed by atoms with Crippen molar-refractivity contribution in [3.8, 4) is 0 Å². The molecule has 0 amide bonds. The molecule has 0 bridgehead atoms. The van der Waals surface area contributed by atoms with Gasteiger partial charge >= 0.3 is 0 Å². The zero-order valence-corrected chi connectivity index (χ0v) is 23.9. The minimum Gasteiger partial charge on any atom is -0.298 e. The average molecular weight is 501 g/mol. The lowest BCUT2D eigenvalue weighted by Crippen LogP contribution is -2.69. The van der Waals surface area contributed by atoms with E-state index in [1.54, 1.807) is 0 Å². The van der Waals surface area contributed by atoms with E-state index in [4.69, 9.17) is 0 Å². The van der Waals surface area contributed by atoms with E-state index in [1.165, 1.54) is 89.9 Å². The van der Waals surface area contributed by atoms with Crippen molar-refractivity contribution in [3.05, 3.63) is 0 Å². The maximum atomic E-state index is 16.1. The van der Waals surface area contributed by atoms with E-state index in [1.807, 2.05) is 0 Å². The first-order chi connectivity index (χ1) is 17.5. The highest BCUT2D eigenvalue weighted by Gasteiger charge is 2.71. The maximum Gasteiger partial charge on any atom is 0.151 e. The van der Waals surface area contributed by atoms with Crippen LogP contribution >= 0.6 is 0 Å². The Hall–Kier alpha value is -0.400. The molecule has 0 aromatic rings. The Bertz CT molecular complexity index is 697. The topological polar surface area (TPSA) is 17.1 Å². The van der Waals surface area contributed by atoms with Crippen LogP contribution in [0, 0.1) is 46.3 Å². The lowest BCUT2D eigenvalue weighted by atomic mass is 9.41. The second kappa shape index (κ2) is 11.8. The molecule has 5 aliphatic carbocycles. The molecule has 36 heavy (non-hydrogen) atoms. The molecule has 0 N–H and O–H groups in total. The van der Waals surface area contributed by atoms with E-state index in [9.17, 15) is 4.79 Å². The number of alkyl halides is 1. The van der Waals surface area contributed by atoms with Crippen molar-refractivity contribution in [2.24, 2.45) is 46.3 Å². The van der Waals surface area contributed by atoms with Crippen LogP contribution in [0.1, 0.15) is 155 Å². The quantitative estimate of drug-likeness (QED) is 0.303. The van der Waals surface area contributed by atoms with Gasteiger partial charge in [-0.2, -0.15) is 0 Å². The minimum atomic E-state index is -0.839. The Kier molecular flexibility index (Phi) is 8.89. The SMILES string of the molecule is CCCCCCC1CCC(C2CCC3(CC2)C(=O)C2(CCC(C4CCC(CC)CC4)CC2)[C@H]3F)CC1. The van der Waals surface area contributed by atoms with Crippen LogP contribution in [-0.2, 0) is 4.79 Å². The highest BCUT2D eigenvalue weighted by atomic mass is 19.1. The second-order valence-electron chi connectivity index (χ2n) is 14.5. The zero-order valence-electron chi connectivity index (χ0n) is 23.9. The Morgan fingerprint density at radius 2 is 1.06 bits per heavy atom. The molecule has 5 aliphatic rings. The molecule has 5 fully saturated rings. The lowest BCUT2D eigenvalue weighted by Gasteiger charge is -2.62. The fourth-order valence-corrected chi connectivity index (χ4v) is 10.3. The summed E-state index contributed by atoms with van der Waals surface area (Å²) in [5.74, 6) is 5.53. The average Bonchev–Trinajstić information content (AvgIpc) is 2.95. The predicted octanol–water partition coefficient (Wildman–Crippen LogP) is 10.3. The highest BCUT2D eigenvalue weighted by molar-refractivity contribution is 5.98. The Labute approximate surface area is 222 Å². The molecule has 0 aliphatic heterocycles. The minimum absolute atomic E-state index is 0.380. The van der Waals surface area contributed by atoms with Gasteiger partial charge in [-0.1, -0.05) is 78.1 Å². The van der Waals surface area contributed by atoms with E-state index in [0.717, 1.165) is 86.9 Å². The van der Waals surface area contributed by atoms with Crippen LogP contribution in [0.5, 0.6) is 0 Å². The number of carbonyl (C=O) groups excluding carboxylic acids is 1. The van der Waals surface area contributed by atoms with Crippen LogP contribution in [-0.4, -0.2) is 12.0 Å². The van der Waals surface area contributed by atoms with Gasteiger partial charge in [-0.05, 0) is 113 Å². The molecule has 206 valence electrons. The molecule has 0 saturated heterocycles. The van der Waals surface area contributed by atoms with Crippen LogP contribution in [0.4, 0.5) is 4.39 Å². The number of unbranched alkanes of at least 4 members (excludes halogenated alkanes) is 3. The third-order valence-electron chi connectivity index (χ3n) is 12.9. The van der Waals surface area contributed by atoms with E-state index in [2.05, 4.69) is 13.8 Å². The van der Waals surface area contributed by atoms with Gasteiger partial charge < -0.3 is 0 Å². The number of carbonyl (C=O) groups is 1. The van der Waals surface area contributed by atoms with E-state index in [-0.39, 0.29) is 0 Å². The number of halogens is 1. The van der Waals surface area contributed by atoms with Crippen LogP contribution in [0.25, 0.3) is 0 Å². The molecule has 2 heteroatoms. The molecular formula is C34H57FO. The summed E-state index contributed by atoms with van der Waals surface area (Å²) >= 11 is 0. The number of rotatable bonds is 8. The standard InChI is InChI=1S/C34H57FO/c1-3-5-6-7-8-26-11-15-28(16-12-26)30-19-23-34(24-20-30)31(35)33(32(34)36)21-17-29(18-22-33)27-13-9-25(4-2)10-14-27/h25-31H,3-24H2,1-2H3/t25?,26?,27?,28?,29?,30?,31-,33?,34?/m1/s1. The first-order valence-electron chi connectivity index (χ1n) is 16.7. The fraction of sp³-hybridized carbons (Fsp3) is 0.971. The fourth-order valence-electron chi connectivity index (χ4n) is 10.3. The molecule has 0 heterocycles. The molecular weight excluding hydrogens is 443 g/mol. The zero-order chi connectivity index (χ0) is 25.2. The van der Waals surface area contributed by atoms with Gasteiger partial charge in [0.05, 0.1) is 10.8 Å². The first-order valence-corrected chi connectivity index (χ1v) is 16.7. The normalized spacial score (nSPS) is 45.6. The Morgan fingerprint density at radius 3 is 1.47 bits per heavy atom. The van der Waals surface area contributed by atoms with Crippen LogP contribution in [0.15, 0.2) is 0 Å². The summed E-state index contributed by atoms with van der Waals surface area (Å²) in [7, 11) is 0. The summed E-state index contributed by atoms with van der Waals surface area (Å²) in [5.41, 5.74) is -1.14. The molecule has 5 rings (SSSR count). The van der Waals surface area contributed by atoms with Crippen molar-refractivity contribution in [3.63, 3.8) is 0 Å². The van der Waals surface area contributed by atoms with Gasteiger partial charge in [0.25, 0.3) is 0 Å². The highest BCUT2D eigenvalue weighted by Crippen LogP contribution is 2.66. The van der Waals surface area contributed by atoms with Gasteiger partial charge in [-0.25, -0.2) is 4.39 Å². The van der Waals surface area contributed by atoms with Crippen molar-refractivity contribution in [2.75, 3.05) is 0 Å². The number of Topliss-reactive ketones (excluding diaryl/α,β-unsaturated/α-hetero) is 1. The summed E-state index contributed by atoms with van der Waals surface area (Å²) in [6.07, 6.45) is 26.7. The largest absolute Gasteiger partial charge is 0.298 e. The van der Waals surface area contributed by atoms with Gasteiger partial charge in [-0.15, -0.1) is 0 Å². The van der Waals surface area contributed by atoms with Crippen molar-refractivity contribution in [1.29, 1.82) is 0 Å². The molecule has 2 spiro atoms. The maximum absolute atomic E-state index is 16.1. The summed E-state index contributed by atoms with van der Waals surface area (Å²) in [5, 5.41) is 0. The molecule has 0 radical (unpaired) electrons. The van der Waals surface area contributed by atoms with Gasteiger partial charge in [0.2, 0.25) is 0 Å². The summed E-state index contributed by atoms with van der Waals surface area (Å²) in [4.78, 5) is 13.7. The molecule has 1 nitrogen and oxygen atoms in total. The van der Waals surface area contributed by atoms with Crippen molar-refractivity contribution in [2.45, 2.75) is 161 Å². The third kappa shape index (κ3) is 5.11. The molecule has 0 aromatic heterocycles. The third-order valence-corrected chi connectivity index (χ3v) is 12.9. The van der Waals surface area contributed by atoms with Crippen LogP contribution < -0.4 is 0 Å². The van der Waals surface area contributed by atoms with Crippen molar-refractivity contribution < 1.29 is 9.18 Å². The smallest absolute Gasteiger partial charge is 0.151 e. The van der Waals surface area contributed by atoms with Gasteiger partial charge in [-0.3, -0.25) is 4.79 Å². The molecule has 0 unspecified atom stereocenters. The van der Waals surface area contributed by atoms with Crippen molar-refractivity contribution in [1.82, 2.24) is 0 Å². The number of hydrogen-bond donors (Lipinski definition) is 0. The Morgan fingerprint density at radius 1 is 0.611 bits per heavy atom. The summed E-state index contributed by atoms with van der Waals surface area (Å²) in [6, 6.07) is 0. The van der Waals surface area contributed by atoms with Gasteiger partial charge in [0.15, 0.2) is 5.78 Å². The molecule has 1 atom stereocenters. The van der Waals surface area contributed by atoms with Gasteiger partial charge in [0, 0.05) is 0 Å². The Balaban J connectivity index is 1.06. The predicted molar refractivity (Wildman–Crippen MR) is 149 cm³/mol. The van der Waals surface area contributed by atoms with E-state index >= 15 is 4.39 Å². The van der Waals surface area contributed by atoms with Crippen LogP contribution in [0.3, 0.4) is 0 Å². The van der Waals surface area contributed by atoms with Gasteiger partial charge in [0.1, 0.15) is 6.17 Å². The number of hydrogen-bond acceptors (Lipinski definition) is 1. The second-order valence-corrected chi connectivity index (χ2v) is 14.5. The van der Waals surface area contributed by atoms with E-state index < -0.39 is 17.0 Å². The lowest BCUT2D eigenvalue weighted by molar-refractivity contribution is -0.194. The van der Waals surface area contributed by atoms with Crippen molar-refractivity contribution >= 4 is 5.78 Å². The monoisotopic (exact) mass is 500 g/mol.